The zero-order valence-corrected chi connectivity index (χ0v) is 13.0. The third-order valence-corrected chi connectivity index (χ3v) is 3.81. The number of hydrogen-bond acceptors (Lipinski definition) is 4. The van der Waals surface area contributed by atoms with Gasteiger partial charge in [0.15, 0.2) is 0 Å². The molecule has 0 amide bonds. The lowest BCUT2D eigenvalue weighted by Crippen LogP contribution is -2.24. The number of halogens is 2. The van der Waals surface area contributed by atoms with Crippen molar-refractivity contribution in [2.24, 2.45) is 0 Å². The Morgan fingerprint density at radius 2 is 2.25 bits per heavy atom. The van der Waals surface area contributed by atoms with Gasteiger partial charge >= 0.3 is 0 Å². The van der Waals surface area contributed by atoms with Crippen molar-refractivity contribution in [1.82, 2.24) is 0 Å². The quantitative estimate of drug-likeness (QED) is 0.791. The number of aliphatic hydroxyl groups excluding tert-OH is 1. The van der Waals surface area contributed by atoms with Crippen LogP contribution in [0.1, 0.15) is 5.76 Å². The fourth-order valence-corrected chi connectivity index (χ4v) is 2.09. The Labute approximate surface area is 130 Å². The first-order chi connectivity index (χ1) is 9.65. The summed E-state index contributed by atoms with van der Waals surface area (Å²) < 4.78 is 11.3. The largest absolute Gasteiger partial charge is 0.467 e. The molecule has 108 valence electrons. The summed E-state index contributed by atoms with van der Waals surface area (Å²) in [6.45, 7) is 0.991. The van der Waals surface area contributed by atoms with E-state index < -0.39 is 6.10 Å². The van der Waals surface area contributed by atoms with Crippen LogP contribution in [0, 0.1) is 0 Å². The first kappa shape index (κ1) is 15.4. The van der Waals surface area contributed by atoms with Crippen molar-refractivity contribution in [3.63, 3.8) is 0 Å². The van der Waals surface area contributed by atoms with Crippen molar-refractivity contribution >= 4 is 33.2 Å². The van der Waals surface area contributed by atoms with Crippen LogP contribution in [-0.2, 0) is 11.3 Å². The molecule has 0 aliphatic rings. The molecule has 20 heavy (non-hydrogen) atoms. The third kappa shape index (κ3) is 4.83. The molecular weight excluding hydrogens is 346 g/mol. The molecule has 2 N–H and O–H groups in total. The molecule has 0 bridgehead atoms. The fourth-order valence-electron chi connectivity index (χ4n) is 1.59. The number of rotatable bonds is 7. The van der Waals surface area contributed by atoms with Crippen molar-refractivity contribution in [2.75, 3.05) is 18.5 Å². The highest BCUT2D eigenvalue weighted by molar-refractivity contribution is 9.10. The lowest BCUT2D eigenvalue weighted by Gasteiger charge is -2.13. The van der Waals surface area contributed by atoms with Crippen molar-refractivity contribution in [3.05, 3.63) is 51.9 Å². The summed E-state index contributed by atoms with van der Waals surface area (Å²) >= 11 is 9.26. The first-order valence-electron chi connectivity index (χ1n) is 6.12. The molecule has 0 radical (unpaired) electrons. The van der Waals surface area contributed by atoms with E-state index >= 15 is 0 Å². The van der Waals surface area contributed by atoms with Crippen LogP contribution >= 0.6 is 27.5 Å². The summed E-state index contributed by atoms with van der Waals surface area (Å²) in [6, 6.07) is 9.13. The molecule has 1 unspecified atom stereocenters. The maximum Gasteiger partial charge on any atom is 0.129 e. The molecule has 2 aromatic rings. The summed E-state index contributed by atoms with van der Waals surface area (Å²) in [5, 5.41) is 13.6. The Hall–Kier alpha value is -1.01. The Balaban J connectivity index is 1.69. The summed E-state index contributed by atoms with van der Waals surface area (Å²) in [7, 11) is 0. The average molecular weight is 361 g/mol. The number of ether oxygens (including phenoxy) is 1. The van der Waals surface area contributed by atoms with Crippen LogP contribution in [0.4, 0.5) is 5.69 Å². The summed E-state index contributed by atoms with van der Waals surface area (Å²) in [4.78, 5) is 0. The number of aliphatic hydroxyl groups is 1. The molecule has 1 aromatic carbocycles. The van der Waals surface area contributed by atoms with E-state index in [2.05, 4.69) is 21.2 Å². The Bertz CT molecular complexity index is 533. The SMILES string of the molecule is OC(CNc1ccc(Cl)c(Br)c1)COCc1ccco1. The molecule has 0 spiro atoms. The highest BCUT2D eigenvalue weighted by Crippen LogP contribution is 2.25. The van der Waals surface area contributed by atoms with Gasteiger partial charge in [0.2, 0.25) is 0 Å². The van der Waals surface area contributed by atoms with Gasteiger partial charge in [-0.25, -0.2) is 0 Å². The second-order valence-electron chi connectivity index (χ2n) is 4.26. The zero-order valence-electron chi connectivity index (χ0n) is 10.7. The van der Waals surface area contributed by atoms with Gasteiger partial charge in [-0.15, -0.1) is 0 Å². The molecule has 0 aliphatic heterocycles. The van der Waals surface area contributed by atoms with Crippen LogP contribution in [0.25, 0.3) is 0 Å². The maximum absolute atomic E-state index is 9.81. The standard InChI is InChI=1S/C14H15BrClNO3/c15-13-6-10(3-4-14(13)16)17-7-11(18)8-19-9-12-2-1-5-20-12/h1-6,11,17-18H,7-9H2. The highest BCUT2D eigenvalue weighted by atomic mass is 79.9. The third-order valence-electron chi connectivity index (χ3n) is 2.60. The molecule has 1 heterocycles. The number of benzene rings is 1. The van der Waals surface area contributed by atoms with Crippen LogP contribution in [0.3, 0.4) is 0 Å². The van der Waals surface area contributed by atoms with Gasteiger partial charge in [-0.05, 0) is 46.3 Å². The fraction of sp³-hybridized carbons (Fsp3) is 0.286. The summed E-state index contributed by atoms with van der Waals surface area (Å²) in [6.07, 6.45) is 0.995. The van der Waals surface area contributed by atoms with E-state index in [4.69, 9.17) is 20.8 Å². The second kappa shape index (κ2) is 7.69. The number of hydrogen-bond donors (Lipinski definition) is 2. The molecule has 0 fully saturated rings. The Morgan fingerprint density at radius 1 is 1.40 bits per heavy atom. The lowest BCUT2D eigenvalue weighted by atomic mass is 10.3. The van der Waals surface area contributed by atoms with Crippen molar-refractivity contribution in [2.45, 2.75) is 12.7 Å². The van der Waals surface area contributed by atoms with E-state index in [0.717, 1.165) is 15.9 Å². The van der Waals surface area contributed by atoms with Gasteiger partial charge in [-0.1, -0.05) is 11.6 Å². The molecule has 2 rings (SSSR count). The Kier molecular flexibility index (Phi) is 5.91. The molecule has 0 saturated heterocycles. The van der Waals surface area contributed by atoms with Gasteiger partial charge in [0.1, 0.15) is 12.4 Å². The van der Waals surface area contributed by atoms with Gasteiger partial charge < -0.3 is 19.6 Å². The molecular formula is C14H15BrClNO3. The first-order valence-corrected chi connectivity index (χ1v) is 7.29. The second-order valence-corrected chi connectivity index (χ2v) is 5.52. The minimum absolute atomic E-state index is 0.239. The highest BCUT2D eigenvalue weighted by Gasteiger charge is 2.06. The van der Waals surface area contributed by atoms with Crippen molar-refractivity contribution in [1.29, 1.82) is 0 Å². The zero-order chi connectivity index (χ0) is 14.4. The normalized spacial score (nSPS) is 12.3. The van der Waals surface area contributed by atoms with E-state index in [0.29, 0.717) is 18.2 Å². The minimum atomic E-state index is -0.598. The van der Waals surface area contributed by atoms with Gasteiger partial charge in [0.25, 0.3) is 0 Å². The van der Waals surface area contributed by atoms with E-state index in [9.17, 15) is 5.11 Å². The monoisotopic (exact) mass is 359 g/mol. The van der Waals surface area contributed by atoms with Gasteiger partial charge in [-0.3, -0.25) is 0 Å². The van der Waals surface area contributed by atoms with Crippen LogP contribution < -0.4 is 5.32 Å². The molecule has 0 aliphatic carbocycles. The van der Waals surface area contributed by atoms with Crippen molar-refractivity contribution in [3.8, 4) is 0 Å². The smallest absolute Gasteiger partial charge is 0.129 e. The van der Waals surface area contributed by atoms with Crippen LogP contribution in [0.5, 0.6) is 0 Å². The van der Waals surface area contributed by atoms with E-state index in [1.807, 2.05) is 18.2 Å². The van der Waals surface area contributed by atoms with E-state index in [1.54, 1.807) is 18.4 Å². The Morgan fingerprint density at radius 3 is 2.95 bits per heavy atom. The van der Waals surface area contributed by atoms with Gasteiger partial charge in [0.05, 0.1) is 24.0 Å². The molecule has 0 saturated carbocycles. The van der Waals surface area contributed by atoms with Gasteiger partial charge in [0, 0.05) is 16.7 Å². The average Bonchev–Trinajstić information content (AvgIpc) is 2.93. The summed E-state index contributed by atoms with van der Waals surface area (Å²) in [5.41, 5.74) is 0.881. The number of furan rings is 1. The number of anilines is 1. The predicted octanol–water partition coefficient (Wildman–Crippen LogP) is 3.69. The van der Waals surface area contributed by atoms with E-state index in [1.165, 1.54) is 0 Å². The maximum atomic E-state index is 9.81. The lowest BCUT2D eigenvalue weighted by molar-refractivity contribution is 0.0282. The topological polar surface area (TPSA) is 54.6 Å². The molecule has 4 nitrogen and oxygen atoms in total. The number of nitrogens with one attached hydrogen (secondary N) is 1. The van der Waals surface area contributed by atoms with E-state index in [-0.39, 0.29) is 6.61 Å². The van der Waals surface area contributed by atoms with Gasteiger partial charge in [-0.2, -0.15) is 0 Å². The van der Waals surface area contributed by atoms with Crippen LogP contribution in [-0.4, -0.2) is 24.4 Å². The minimum Gasteiger partial charge on any atom is -0.467 e. The predicted molar refractivity (Wildman–Crippen MR) is 82.0 cm³/mol. The molecule has 6 heteroatoms. The molecule has 1 atom stereocenters. The van der Waals surface area contributed by atoms with Crippen LogP contribution in [0.15, 0.2) is 45.5 Å². The molecule has 1 aromatic heterocycles. The summed E-state index contributed by atoms with van der Waals surface area (Å²) in [5.74, 6) is 0.742. The van der Waals surface area contributed by atoms with Crippen molar-refractivity contribution < 1.29 is 14.3 Å². The van der Waals surface area contributed by atoms with Crippen LogP contribution in [0.2, 0.25) is 5.02 Å².